The lowest BCUT2D eigenvalue weighted by Crippen LogP contribution is -2.34. The Labute approximate surface area is 117 Å². The number of benzene rings is 1. The van der Waals surface area contributed by atoms with E-state index in [0.29, 0.717) is 16.8 Å². The first-order valence-corrected chi connectivity index (χ1v) is 6.51. The van der Waals surface area contributed by atoms with Crippen LogP contribution < -0.4 is 10.1 Å². The van der Waals surface area contributed by atoms with Crippen LogP contribution in [0.1, 0.15) is 12.5 Å². The smallest absolute Gasteiger partial charge is 0.417 e. The van der Waals surface area contributed by atoms with Gasteiger partial charge in [-0.3, -0.25) is 0 Å². The molecule has 0 saturated carbocycles. The molecule has 1 atom stereocenters. The van der Waals surface area contributed by atoms with E-state index in [0.717, 1.165) is 12.1 Å². The molecule has 1 aromatic carbocycles. The number of aliphatic hydroxyl groups is 1. The van der Waals surface area contributed by atoms with Crippen LogP contribution in [-0.2, 0) is 6.54 Å². The molecule has 0 aliphatic rings. The van der Waals surface area contributed by atoms with Gasteiger partial charge in [0, 0.05) is 12.1 Å². The van der Waals surface area contributed by atoms with E-state index in [1.807, 2.05) is 6.92 Å². The molecule has 19 heavy (non-hydrogen) atoms. The third-order valence-corrected chi connectivity index (χ3v) is 3.00. The first-order chi connectivity index (χ1) is 8.86. The number of para-hydroxylation sites is 1. The van der Waals surface area contributed by atoms with E-state index < -0.39 is 18.9 Å². The monoisotopic (exact) mass is 341 g/mol. The van der Waals surface area contributed by atoms with Crippen LogP contribution in [0.4, 0.5) is 13.2 Å². The van der Waals surface area contributed by atoms with Crippen molar-refractivity contribution in [3.63, 3.8) is 0 Å². The maximum atomic E-state index is 12.2. The molecule has 1 unspecified atom stereocenters. The second kappa shape index (κ2) is 7.12. The highest BCUT2D eigenvalue weighted by Crippen LogP contribution is 2.30. The molecule has 1 aromatic rings. The number of hydrogen-bond donors (Lipinski definition) is 2. The lowest BCUT2D eigenvalue weighted by molar-refractivity contribution is -0.210. The number of rotatable bonds is 6. The van der Waals surface area contributed by atoms with E-state index in [9.17, 15) is 13.2 Å². The molecular formula is C12H15BrF3NO2. The standard InChI is InChI=1S/C12H15BrF3NO2/c1-2-17-6-8-4-3-5-9(13)11(8)19-7-10(18)12(14,15)16/h3-5,10,17-18H,2,6-7H2,1H3. The highest BCUT2D eigenvalue weighted by Gasteiger charge is 2.38. The van der Waals surface area contributed by atoms with Crippen LogP contribution in [0.2, 0.25) is 0 Å². The van der Waals surface area contributed by atoms with Gasteiger partial charge in [0.2, 0.25) is 0 Å². The summed E-state index contributed by atoms with van der Waals surface area (Å²) in [5.74, 6) is 0.312. The van der Waals surface area contributed by atoms with E-state index in [1.165, 1.54) is 0 Å². The minimum absolute atomic E-state index is 0.312. The van der Waals surface area contributed by atoms with E-state index in [2.05, 4.69) is 21.2 Å². The summed E-state index contributed by atoms with van der Waals surface area (Å²) in [6, 6.07) is 5.19. The topological polar surface area (TPSA) is 41.5 Å². The summed E-state index contributed by atoms with van der Waals surface area (Å²) in [4.78, 5) is 0. The molecule has 0 aliphatic heterocycles. The average Bonchev–Trinajstić information content (AvgIpc) is 2.33. The van der Waals surface area contributed by atoms with Crippen molar-refractivity contribution in [3.05, 3.63) is 28.2 Å². The molecule has 0 radical (unpaired) electrons. The SMILES string of the molecule is CCNCc1cccc(Br)c1OCC(O)C(F)(F)F. The van der Waals surface area contributed by atoms with Crippen molar-refractivity contribution in [2.24, 2.45) is 0 Å². The van der Waals surface area contributed by atoms with Gasteiger partial charge in [-0.1, -0.05) is 19.1 Å². The third kappa shape index (κ3) is 5.00. The molecule has 0 saturated heterocycles. The van der Waals surface area contributed by atoms with Gasteiger partial charge in [0.1, 0.15) is 12.4 Å². The van der Waals surface area contributed by atoms with Crippen molar-refractivity contribution in [1.82, 2.24) is 5.32 Å². The maximum absolute atomic E-state index is 12.2. The maximum Gasteiger partial charge on any atom is 0.417 e. The lowest BCUT2D eigenvalue weighted by Gasteiger charge is -2.18. The zero-order chi connectivity index (χ0) is 14.5. The first-order valence-electron chi connectivity index (χ1n) is 5.72. The quantitative estimate of drug-likeness (QED) is 0.835. The summed E-state index contributed by atoms with van der Waals surface area (Å²) < 4.78 is 42.3. The fourth-order valence-electron chi connectivity index (χ4n) is 1.37. The van der Waals surface area contributed by atoms with Crippen molar-refractivity contribution < 1.29 is 23.0 Å². The molecule has 2 N–H and O–H groups in total. The summed E-state index contributed by atoms with van der Waals surface area (Å²) in [5, 5.41) is 12.0. The molecule has 7 heteroatoms. The molecule has 1 rings (SSSR count). The van der Waals surface area contributed by atoms with Gasteiger partial charge in [-0.05, 0) is 28.5 Å². The van der Waals surface area contributed by atoms with Gasteiger partial charge >= 0.3 is 6.18 Å². The number of aliphatic hydroxyl groups excluding tert-OH is 1. The number of hydrogen-bond acceptors (Lipinski definition) is 3. The minimum Gasteiger partial charge on any atom is -0.489 e. The Morgan fingerprint density at radius 2 is 2.11 bits per heavy atom. The van der Waals surface area contributed by atoms with Crippen LogP contribution in [0, 0.1) is 0 Å². The van der Waals surface area contributed by atoms with Crippen LogP contribution in [0.5, 0.6) is 5.75 Å². The van der Waals surface area contributed by atoms with Crippen LogP contribution >= 0.6 is 15.9 Å². The Morgan fingerprint density at radius 1 is 1.42 bits per heavy atom. The van der Waals surface area contributed by atoms with Crippen LogP contribution in [0.25, 0.3) is 0 Å². The summed E-state index contributed by atoms with van der Waals surface area (Å²) in [6.07, 6.45) is -7.17. The Hall–Kier alpha value is -0.790. The molecule has 3 nitrogen and oxygen atoms in total. The second-order valence-corrected chi connectivity index (χ2v) is 4.73. The van der Waals surface area contributed by atoms with Crippen molar-refractivity contribution in [1.29, 1.82) is 0 Å². The Bertz CT molecular complexity index is 412. The van der Waals surface area contributed by atoms with Gasteiger partial charge in [-0.2, -0.15) is 13.2 Å². The van der Waals surface area contributed by atoms with Crippen LogP contribution in [0.3, 0.4) is 0 Å². The Balaban J connectivity index is 2.76. The molecule has 0 spiro atoms. The van der Waals surface area contributed by atoms with Gasteiger partial charge in [-0.25, -0.2) is 0 Å². The van der Waals surface area contributed by atoms with Crippen molar-refractivity contribution in [3.8, 4) is 5.75 Å². The van der Waals surface area contributed by atoms with Gasteiger partial charge in [0.15, 0.2) is 6.10 Å². The molecule has 0 aromatic heterocycles. The molecule has 0 aliphatic carbocycles. The zero-order valence-electron chi connectivity index (χ0n) is 10.3. The summed E-state index contributed by atoms with van der Waals surface area (Å²) in [7, 11) is 0. The number of nitrogens with one attached hydrogen (secondary N) is 1. The minimum atomic E-state index is -4.68. The highest BCUT2D eigenvalue weighted by atomic mass is 79.9. The predicted molar refractivity (Wildman–Crippen MR) is 69.1 cm³/mol. The van der Waals surface area contributed by atoms with E-state index in [4.69, 9.17) is 9.84 Å². The molecule has 108 valence electrons. The fraction of sp³-hybridized carbons (Fsp3) is 0.500. The van der Waals surface area contributed by atoms with Crippen LogP contribution in [0.15, 0.2) is 22.7 Å². The van der Waals surface area contributed by atoms with Crippen LogP contribution in [-0.4, -0.2) is 30.5 Å². The number of ether oxygens (including phenoxy) is 1. The summed E-state index contributed by atoms with van der Waals surface area (Å²) >= 11 is 3.22. The molecule has 0 heterocycles. The molecular weight excluding hydrogens is 327 g/mol. The lowest BCUT2D eigenvalue weighted by atomic mass is 10.2. The number of alkyl halides is 3. The predicted octanol–water partition coefficient (Wildman–Crippen LogP) is 2.86. The van der Waals surface area contributed by atoms with Gasteiger partial charge in [0.25, 0.3) is 0 Å². The van der Waals surface area contributed by atoms with Crippen molar-refractivity contribution in [2.75, 3.05) is 13.2 Å². The summed E-state index contributed by atoms with van der Waals surface area (Å²) in [6.45, 7) is 2.31. The van der Waals surface area contributed by atoms with Gasteiger partial charge in [-0.15, -0.1) is 0 Å². The molecule has 0 amide bonds. The normalized spacial score (nSPS) is 13.4. The number of halogens is 4. The van der Waals surface area contributed by atoms with Crippen molar-refractivity contribution in [2.45, 2.75) is 25.7 Å². The Kier molecular flexibility index (Phi) is 6.09. The largest absolute Gasteiger partial charge is 0.489 e. The highest BCUT2D eigenvalue weighted by molar-refractivity contribution is 9.10. The average molecular weight is 342 g/mol. The zero-order valence-corrected chi connectivity index (χ0v) is 11.9. The van der Waals surface area contributed by atoms with Gasteiger partial charge in [0.05, 0.1) is 4.47 Å². The van der Waals surface area contributed by atoms with Crippen molar-refractivity contribution >= 4 is 15.9 Å². The Morgan fingerprint density at radius 3 is 2.68 bits per heavy atom. The van der Waals surface area contributed by atoms with Gasteiger partial charge < -0.3 is 15.2 Å². The molecule has 0 bridgehead atoms. The third-order valence-electron chi connectivity index (χ3n) is 2.38. The van der Waals surface area contributed by atoms with E-state index in [1.54, 1.807) is 18.2 Å². The molecule has 0 fully saturated rings. The fourth-order valence-corrected chi connectivity index (χ4v) is 1.89. The first kappa shape index (κ1) is 16.3. The summed E-state index contributed by atoms with van der Waals surface area (Å²) in [5.41, 5.74) is 0.727. The second-order valence-electron chi connectivity index (χ2n) is 3.88. The van der Waals surface area contributed by atoms with E-state index in [-0.39, 0.29) is 0 Å². The van der Waals surface area contributed by atoms with E-state index >= 15 is 0 Å².